The van der Waals surface area contributed by atoms with E-state index in [1.54, 1.807) is 0 Å². The van der Waals surface area contributed by atoms with E-state index in [-0.39, 0.29) is 5.69 Å². The van der Waals surface area contributed by atoms with Gasteiger partial charge in [0.15, 0.2) is 0 Å². The third kappa shape index (κ3) is 1.57. The zero-order valence-corrected chi connectivity index (χ0v) is 8.77. The van der Waals surface area contributed by atoms with Gasteiger partial charge in [0.1, 0.15) is 11.4 Å². The molecule has 0 aliphatic carbocycles. The van der Waals surface area contributed by atoms with Gasteiger partial charge in [0.05, 0.1) is 5.69 Å². The Hall–Kier alpha value is -2.56. The van der Waals surface area contributed by atoms with Crippen LogP contribution in [0.3, 0.4) is 0 Å². The van der Waals surface area contributed by atoms with E-state index in [0.717, 1.165) is 16.6 Å². The van der Waals surface area contributed by atoms with Crippen LogP contribution in [-0.2, 0) is 0 Å². The fourth-order valence-electron chi connectivity index (χ4n) is 1.78. The molecule has 0 amide bonds. The number of hydrogen-bond donors (Lipinski definition) is 3. The van der Waals surface area contributed by atoms with Crippen molar-refractivity contribution in [3.8, 4) is 11.4 Å². The van der Waals surface area contributed by atoms with Crippen molar-refractivity contribution >= 4 is 16.9 Å². The van der Waals surface area contributed by atoms with Crippen LogP contribution in [0.25, 0.3) is 22.3 Å². The molecule has 0 bridgehead atoms. The van der Waals surface area contributed by atoms with Crippen molar-refractivity contribution in [3.63, 3.8) is 0 Å². The van der Waals surface area contributed by atoms with E-state index < -0.39 is 5.97 Å². The summed E-state index contributed by atoms with van der Waals surface area (Å²) in [7, 11) is 0. The number of nitrogens with zero attached hydrogens (tertiary/aromatic N) is 1. The second-order valence-electron chi connectivity index (χ2n) is 3.74. The van der Waals surface area contributed by atoms with Crippen molar-refractivity contribution in [3.05, 3.63) is 42.1 Å². The predicted molar refractivity (Wildman–Crippen MR) is 62.8 cm³/mol. The summed E-state index contributed by atoms with van der Waals surface area (Å²) >= 11 is 0. The van der Waals surface area contributed by atoms with Gasteiger partial charge >= 0.3 is 5.97 Å². The SMILES string of the molecule is O=C(O)c1cc(-c2cc3ccccc3[nH]2)n[nH]1. The third-order valence-corrected chi connectivity index (χ3v) is 2.61. The Bertz CT molecular complexity index is 663. The monoisotopic (exact) mass is 227 g/mol. The summed E-state index contributed by atoms with van der Waals surface area (Å²) in [5.41, 5.74) is 2.48. The molecule has 0 fully saturated rings. The van der Waals surface area contributed by atoms with E-state index in [4.69, 9.17) is 5.11 Å². The maximum Gasteiger partial charge on any atom is 0.353 e. The zero-order valence-electron chi connectivity index (χ0n) is 8.77. The quantitative estimate of drug-likeness (QED) is 0.628. The average molecular weight is 227 g/mol. The molecular weight excluding hydrogens is 218 g/mol. The Kier molecular flexibility index (Phi) is 1.98. The van der Waals surface area contributed by atoms with Gasteiger partial charge in [-0.3, -0.25) is 5.10 Å². The first-order valence-electron chi connectivity index (χ1n) is 5.11. The van der Waals surface area contributed by atoms with Crippen molar-refractivity contribution < 1.29 is 9.90 Å². The number of benzene rings is 1. The molecule has 0 spiro atoms. The number of carboxylic acid groups (broad SMARTS) is 1. The van der Waals surface area contributed by atoms with Crippen molar-refractivity contribution in [2.24, 2.45) is 0 Å². The number of aromatic nitrogens is 3. The number of fused-ring (bicyclic) bond motifs is 1. The van der Waals surface area contributed by atoms with Crippen LogP contribution in [0.4, 0.5) is 0 Å². The van der Waals surface area contributed by atoms with E-state index >= 15 is 0 Å². The minimum atomic E-state index is -1.01. The first-order chi connectivity index (χ1) is 8.24. The summed E-state index contributed by atoms with van der Waals surface area (Å²) in [4.78, 5) is 13.9. The molecule has 0 aliphatic rings. The van der Waals surface area contributed by atoms with Gasteiger partial charge in [0.2, 0.25) is 0 Å². The molecule has 0 radical (unpaired) electrons. The van der Waals surface area contributed by atoms with Crippen molar-refractivity contribution in [1.29, 1.82) is 0 Å². The van der Waals surface area contributed by atoms with Crippen LogP contribution in [0.5, 0.6) is 0 Å². The number of rotatable bonds is 2. The number of H-pyrrole nitrogens is 2. The number of carboxylic acids is 1. The predicted octanol–water partition coefficient (Wildman–Crippen LogP) is 2.26. The van der Waals surface area contributed by atoms with Crippen LogP contribution in [0.15, 0.2) is 36.4 Å². The van der Waals surface area contributed by atoms with Gasteiger partial charge < -0.3 is 10.1 Å². The molecule has 0 atom stereocenters. The van der Waals surface area contributed by atoms with Crippen molar-refractivity contribution in [2.75, 3.05) is 0 Å². The zero-order chi connectivity index (χ0) is 11.8. The van der Waals surface area contributed by atoms with Crippen molar-refractivity contribution in [1.82, 2.24) is 15.2 Å². The summed E-state index contributed by atoms with van der Waals surface area (Å²) in [6, 6.07) is 11.3. The van der Waals surface area contributed by atoms with Crippen LogP contribution in [0.1, 0.15) is 10.5 Å². The molecule has 0 unspecified atom stereocenters. The van der Waals surface area contributed by atoms with Gasteiger partial charge in [-0.25, -0.2) is 4.79 Å². The molecule has 3 rings (SSSR count). The largest absolute Gasteiger partial charge is 0.477 e. The van der Waals surface area contributed by atoms with Crippen LogP contribution in [0.2, 0.25) is 0 Å². The molecule has 5 heteroatoms. The first kappa shape index (κ1) is 9.65. The lowest BCUT2D eigenvalue weighted by atomic mass is 10.2. The number of nitrogens with one attached hydrogen (secondary N) is 2. The highest BCUT2D eigenvalue weighted by Gasteiger charge is 2.10. The van der Waals surface area contributed by atoms with Gasteiger partial charge in [-0.1, -0.05) is 18.2 Å². The molecule has 2 heterocycles. The number of hydrogen-bond acceptors (Lipinski definition) is 2. The van der Waals surface area contributed by atoms with Crippen LogP contribution in [0, 0.1) is 0 Å². The highest BCUT2D eigenvalue weighted by Crippen LogP contribution is 2.22. The molecule has 2 aromatic heterocycles. The summed E-state index contributed by atoms with van der Waals surface area (Å²) in [5.74, 6) is -1.01. The minimum absolute atomic E-state index is 0.0821. The lowest BCUT2D eigenvalue weighted by Gasteiger charge is -1.87. The molecule has 3 N–H and O–H groups in total. The van der Waals surface area contributed by atoms with Gasteiger partial charge in [0, 0.05) is 17.0 Å². The van der Waals surface area contributed by atoms with Gasteiger partial charge in [-0.2, -0.15) is 5.10 Å². The average Bonchev–Trinajstić information content (AvgIpc) is 2.95. The smallest absolute Gasteiger partial charge is 0.353 e. The Morgan fingerprint density at radius 2 is 2.06 bits per heavy atom. The number of carbonyl (C=O) groups is 1. The molecule has 1 aromatic carbocycles. The number of para-hydroxylation sites is 1. The fraction of sp³-hybridized carbons (Fsp3) is 0. The van der Waals surface area contributed by atoms with E-state index in [9.17, 15) is 4.79 Å². The lowest BCUT2D eigenvalue weighted by Crippen LogP contribution is -1.95. The number of aromatic carboxylic acids is 1. The van der Waals surface area contributed by atoms with Gasteiger partial charge in [0.25, 0.3) is 0 Å². The topological polar surface area (TPSA) is 81.8 Å². The highest BCUT2D eigenvalue weighted by atomic mass is 16.4. The van der Waals surface area contributed by atoms with Crippen LogP contribution >= 0.6 is 0 Å². The number of aromatic amines is 2. The van der Waals surface area contributed by atoms with Gasteiger partial charge in [-0.15, -0.1) is 0 Å². The third-order valence-electron chi connectivity index (χ3n) is 2.61. The summed E-state index contributed by atoms with van der Waals surface area (Å²) in [5, 5.41) is 16.3. The second-order valence-corrected chi connectivity index (χ2v) is 3.74. The Morgan fingerprint density at radius 3 is 2.76 bits per heavy atom. The minimum Gasteiger partial charge on any atom is -0.477 e. The Labute approximate surface area is 96.1 Å². The van der Waals surface area contributed by atoms with E-state index in [1.165, 1.54) is 6.07 Å². The van der Waals surface area contributed by atoms with E-state index in [1.807, 2.05) is 30.3 Å². The standard InChI is InChI=1S/C12H9N3O2/c16-12(17)11-6-10(14-15-11)9-5-7-3-1-2-4-8(7)13-9/h1-6,13H,(H,14,15)(H,16,17). The summed E-state index contributed by atoms with van der Waals surface area (Å²) < 4.78 is 0. The molecular formula is C12H9N3O2. The Morgan fingerprint density at radius 1 is 1.24 bits per heavy atom. The van der Waals surface area contributed by atoms with Crippen LogP contribution < -0.4 is 0 Å². The molecule has 84 valence electrons. The summed E-state index contributed by atoms with van der Waals surface area (Å²) in [6.45, 7) is 0. The molecule has 0 aliphatic heterocycles. The Balaban J connectivity index is 2.10. The van der Waals surface area contributed by atoms with Crippen LogP contribution in [-0.4, -0.2) is 26.3 Å². The summed E-state index contributed by atoms with van der Waals surface area (Å²) in [6.07, 6.45) is 0. The molecule has 0 saturated heterocycles. The van der Waals surface area contributed by atoms with Crippen molar-refractivity contribution in [2.45, 2.75) is 0 Å². The van der Waals surface area contributed by atoms with E-state index in [2.05, 4.69) is 15.2 Å². The molecule has 0 saturated carbocycles. The maximum absolute atomic E-state index is 10.7. The van der Waals surface area contributed by atoms with E-state index in [0.29, 0.717) is 5.69 Å². The fourth-order valence-corrected chi connectivity index (χ4v) is 1.78. The second kappa shape index (κ2) is 3.48. The lowest BCUT2D eigenvalue weighted by molar-refractivity contribution is 0.0690. The molecule has 17 heavy (non-hydrogen) atoms. The highest BCUT2D eigenvalue weighted by molar-refractivity contribution is 5.88. The maximum atomic E-state index is 10.7. The molecule has 3 aromatic rings. The first-order valence-corrected chi connectivity index (χ1v) is 5.11. The molecule has 5 nitrogen and oxygen atoms in total. The normalized spacial score (nSPS) is 10.8. The van der Waals surface area contributed by atoms with Gasteiger partial charge in [-0.05, 0) is 12.1 Å².